The Balaban J connectivity index is 2.60. The first-order valence-corrected chi connectivity index (χ1v) is 5.23. The van der Waals surface area contributed by atoms with E-state index in [0.717, 1.165) is 17.3 Å². The van der Waals surface area contributed by atoms with Crippen LogP contribution in [-0.4, -0.2) is 12.9 Å². The Kier molecular flexibility index (Phi) is 4.01. The number of thioether (sulfide) groups is 1. The van der Waals surface area contributed by atoms with Gasteiger partial charge >= 0.3 is 0 Å². The van der Waals surface area contributed by atoms with E-state index in [2.05, 4.69) is 19.1 Å². The summed E-state index contributed by atoms with van der Waals surface area (Å²) in [6.07, 6.45) is 0. The van der Waals surface area contributed by atoms with Crippen molar-refractivity contribution in [3.05, 3.63) is 29.8 Å². The monoisotopic (exact) mass is 182 g/mol. The van der Waals surface area contributed by atoms with Gasteiger partial charge in [-0.2, -0.15) is 11.8 Å². The Hall–Kier alpha value is -0.630. The lowest BCUT2D eigenvalue weighted by Crippen LogP contribution is -1.85. The van der Waals surface area contributed by atoms with Crippen LogP contribution in [0.4, 0.5) is 0 Å². The number of methoxy groups -OCH3 is 1. The molecular weight excluding hydrogens is 168 g/mol. The summed E-state index contributed by atoms with van der Waals surface area (Å²) in [5.74, 6) is 3.19. The SMILES string of the molecule is CCSCc1cccc(OC)c1. The van der Waals surface area contributed by atoms with Crippen molar-refractivity contribution in [2.24, 2.45) is 0 Å². The molecule has 0 amide bonds. The molecule has 1 aromatic carbocycles. The fourth-order valence-corrected chi connectivity index (χ4v) is 1.60. The molecule has 0 saturated heterocycles. The Labute approximate surface area is 78.1 Å². The van der Waals surface area contributed by atoms with E-state index in [1.807, 2.05) is 23.9 Å². The average molecular weight is 182 g/mol. The van der Waals surface area contributed by atoms with Gasteiger partial charge in [-0.25, -0.2) is 0 Å². The highest BCUT2D eigenvalue weighted by Gasteiger charge is 1.94. The van der Waals surface area contributed by atoms with Gasteiger partial charge in [0, 0.05) is 5.75 Å². The topological polar surface area (TPSA) is 9.23 Å². The second kappa shape index (κ2) is 5.09. The fraction of sp³-hybridized carbons (Fsp3) is 0.400. The molecule has 0 atom stereocenters. The summed E-state index contributed by atoms with van der Waals surface area (Å²) in [7, 11) is 1.70. The van der Waals surface area contributed by atoms with Gasteiger partial charge in [-0.05, 0) is 23.4 Å². The van der Waals surface area contributed by atoms with Crippen LogP contribution in [0, 0.1) is 0 Å². The van der Waals surface area contributed by atoms with Gasteiger partial charge in [-0.15, -0.1) is 0 Å². The molecule has 0 unspecified atom stereocenters. The molecule has 0 spiro atoms. The van der Waals surface area contributed by atoms with Crippen LogP contribution in [0.5, 0.6) is 5.75 Å². The highest BCUT2D eigenvalue weighted by atomic mass is 32.2. The maximum absolute atomic E-state index is 5.13. The molecule has 2 heteroatoms. The predicted octanol–water partition coefficient (Wildman–Crippen LogP) is 2.95. The quantitative estimate of drug-likeness (QED) is 0.708. The third-order valence-corrected chi connectivity index (χ3v) is 2.55. The molecule has 0 aliphatic carbocycles. The minimum absolute atomic E-state index is 0.948. The molecule has 0 heterocycles. The lowest BCUT2D eigenvalue weighted by molar-refractivity contribution is 0.414. The van der Waals surface area contributed by atoms with Gasteiger partial charge in [-0.1, -0.05) is 19.1 Å². The first-order valence-electron chi connectivity index (χ1n) is 4.07. The van der Waals surface area contributed by atoms with Crippen molar-refractivity contribution >= 4 is 11.8 Å². The lowest BCUT2D eigenvalue weighted by atomic mass is 10.2. The van der Waals surface area contributed by atoms with Crippen molar-refractivity contribution in [2.75, 3.05) is 12.9 Å². The average Bonchev–Trinajstić information content (AvgIpc) is 2.15. The molecule has 0 aliphatic heterocycles. The van der Waals surface area contributed by atoms with Crippen LogP contribution in [0.25, 0.3) is 0 Å². The van der Waals surface area contributed by atoms with E-state index in [1.54, 1.807) is 7.11 Å². The first kappa shape index (κ1) is 9.46. The molecule has 1 rings (SSSR count). The van der Waals surface area contributed by atoms with Crippen molar-refractivity contribution in [1.29, 1.82) is 0 Å². The Morgan fingerprint density at radius 3 is 2.92 bits per heavy atom. The molecule has 0 aromatic heterocycles. The van der Waals surface area contributed by atoms with Gasteiger partial charge < -0.3 is 4.74 Å². The summed E-state index contributed by atoms with van der Waals surface area (Å²) in [6, 6.07) is 8.22. The molecular formula is C10H14OS. The van der Waals surface area contributed by atoms with Crippen molar-refractivity contribution in [3.8, 4) is 5.75 Å². The normalized spacial score (nSPS) is 9.83. The Morgan fingerprint density at radius 2 is 2.25 bits per heavy atom. The minimum Gasteiger partial charge on any atom is -0.497 e. The van der Waals surface area contributed by atoms with Crippen molar-refractivity contribution in [3.63, 3.8) is 0 Å². The highest BCUT2D eigenvalue weighted by molar-refractivity contribution is 7.98. The molecule has 0 saturated carbocycles. The van der Waals surface area contributed by atoms with E-state index in [-0.39, 0.29) is 0 Å². The predicted molar refractivity (Wildman–Crippen MR) is 54.8 cm³/mol. The molecule has 12 heavy (non-hydrogen) atoms. The van der Waals surface area contributed by atoms with Crippen LogP contribution in [0.15, 0.2) is 24.3 Å². The number of benzene rings is 1. The van der Waals surface area contributed by atoms with Gasteiger partial charge in [-0.3, -0.25) is 0 Å². The Bertz CT molecular complexity index is 235. The molecule has 1 aromatic rings. The van der Waals surface area contributed by atoms with Crippen molar-refractivity contribution in [1.82, 2.24) is 0 Å². The van der Waals surface area contributed by atoms with Crippen LogP contribution >= 0.6 is 11.8 Å². The third-order valence-electron chi connectivity index (χ3n) is 1.61. The van der Waals surface area contributed by atoms with Crippen molar-refractivity contribution in [2.45, 2.75) is 12.7 Å². The summed E-state index contributed by atoms with van der Waals surface area (Å²) in [5, 5.41) is 0. The van der Waals surface area contributed by atoms with Gasteiger partial charge in [0.05, 0.1) is 7.11 Å². The Morgan fingerprint density at radius 1 is 1.42 bits per heavy atom. The zero-order chi connectivity index (χ0) is 8.81. The summed E-state index contributed by atoms with van der Waals surface area (Å²) < 4.78 is 5.13. The van der Waals surface area contributed by atoms with Crippen LogP contribution < -0.4 is 4.74 Å². The number of hydrogen-bond donors (Lipinski definition) is 0. The summed E-state index contributed by atoms with van der Waals surface area (Å²) >= 11 is 1.92. The lowest BCUT2D eigenvalue weighted by Gasteiger charge is -2.02. The van der Waals surface area contributed by atoms with E-state index < -0.39 is 0 Å². The molecule has 0 bridgehead atoms. The smallest absolute Gasteiger partial charge is 0.119 e. The van der Waals surface area contributed by atoms with Crippen LogP contribution in [0.2, 0.25) is 0 Å². The van der Waals surface area contributed by atoms with E-state index in [0.29, 0.717) is 0 Å². The molecule has 1 nitrogen and oxygen atoms in total. The van der Waals surface area contributed by atoms with Gasteiger partial charge in [0.15, 0.2) is 0 Å². The second-order valence-electron chi connectivity index (χ2n) is 2.49. The largest absolute Gasteiger partial charge is 0.497 e. The number of hydrogen-bond acceptors (Lipinski definition) is 2. The molecule has 0 radical (unpaired) electrons. The van der Waals surface area contributed by atoms with Crippen LogP contribution in [0.3, 0.4) is 0 Å². The van der Waals surface area contributed by atoms with Gasteiger partial charge in [0.25, 0.3) is 0 Å². The van der Waals surface area contributed by atoms with E-state index >= 15 is 0 Å². The van der Waals surface area contributed by atoms with Crippen molar-refractivity contribution < 1.29 is 4.74 Å². The molecule has 0 N–H and O–H groups in total. The van der Waals surface area contributed by atoms with Gasteiger partial charge in [0.2, 0.25) is 0 Å². The van der Waals surface area contributed by atoms with Crippen LogP contribution in [0.1, 0.15) is 12.5 Å². The van der Waals surface area contributed by atoms with E-state index in [1.165, 1.54) is 5.56 Å². The fourth-order valence-electron chi connectivity index (χ4n) is 0.982. The standard InChI is InChI=1S/C10H14OS/c1-3-12-8-9-5-4-6-10(7-9)11-2/h4-7H,3,8H2,1-2H3. The maximum atomic E-state index is 5.13. The first-order chi connectivity index (χ1) is 5.86. The number of rotatable bonds is 4. The zero-order valence-corrected chi connectivity index (χ0v) is 8.36. The van der Waals surface area contributed by atoms with E-state index in [9.17, 15) is 0 Å². The zero-order valence-electron chi connectivity index (χ0n) is 7.54. The summed E-state index contributed by atoms with van der Waals surface area (Å²) in [4.78, 5) is 0. The highest BCUT2D eigenvalue weighted by Crippen LogP contribution is 2.17. The second-order valence-corrected chi connectivity index (χ2v) is 3.76. The minimum atomic E-state index is 0.948. The molecule has 66 valence electrons. The van der Waals surface area contributed by atoms with E-state index in [4.69, 9.17) is 4.74 Å². The molecule has 0 fully saturated rings. The number of ether oxygens (including phenoxy) is 1. The summed E-state index contributed by atoms with van der Waals surface area (Å²) in [6.45, 7) is 2.17. The van der Waals surface area contributed by atoms with Crippen LogP contribution in [-0.2, 0) is 5.75 Å². The third kappa shape index (κ3) is 2.78. The molecule has 0 aliphatic rings. The summed E-state index contributed by atoms with van der Waals surface area (Å²) in [5.41, 5.74) is 1.33. The maximum Gasteiger partial charge on any atom is 0.119 e. The van der Waals surface area contributed by atoms with Gasteiger partial charge in [0.1, 0.15) is 5.75 Å².